The number of aromatic nitrogens is 1. The molecule has 0 aliphatic carbocycles. The van der Waals surface area contributed by atoms with E-state index in [1.165, 1.54) is 24.3 Å². The second-order valence-corrected chi connectivity index (χ2v) is 2.76. The first-order valence-electron chi connectivity index (χ1n) is 4.25. The number of hydrogen-bond acceptors (Lipinski definition) is 2. The van der Waals surface area contributed by atoms with Crippen molar-refractivity contribution in [1.82, 2.24) is 4.98 Å². The van der Waals surface area contributed by atoms with Gasteiger partial charge < -0.3 is 0 Å². The topological polar surface area (TPSA) is 61.7 Å². The molecule has 1 aromatic rings. The lowest BCUT2D eigenvalue weighted by atomic mass is 10.3. The lowest BCUT2D eigenvalue weighted by molar-refractivity contribution is -0.141. The lowest BCUT2D eigenvalue weighted by Crippen LogP contribution is -2.07. The van der Waals surface area contributed by atoms with Crippen molar-refractivity contribution in [2.24, 2.45) is 5.11 Å². The maximum Gasteiger partial charge on any atom is 0.433 e. The molecule has 1 rings (SSSR count). The molecule has 0 fully saturated rings. The Morgan fingerprint density at radius 3 is 2.81 bits per heavy atom. The molecular formula is C9H7F3N4. The molecule has 0 saturated heterocycles. The van der Waals surface area contributed by atoms with Gasteiger partial charge in [-0.3, -0.25) is 0 Å². The zero-order chi connectivity index (χ0) is 12.0. The molecule has 4 nitrogen and oxygen atoms in total. The summed E-state index contributed by atoms with van der Waals surface area (Å²) in [5, 5.41) is 3.20. The summed E-state index contributed by atoms with van der Waals surface area (Å²) in [5.41, 5.74) is 7.20. The van der Waals surface area contributed by atoms with Crippen molar-refractivity contribution in [3.8, 4) is 0 Å². The second kappa shape index (κ2) is 5.18. The molecule has 84 valence electrons. The molecule has 0 aromatic carbocycles. The van der Waals surface area contributed by atoms with Gasteiger partial charge in [0.05, 0.1) is 5.69 Å². The molecule has 0 saturated carbocycles. The Labute approximate surface area is 89.1 Å². The number of alkyl halides is 3. The normalized spacial score (nSPS) is 11.4. The van der Waals surface area contributed by atoms with E-state index in [-0.39, 0.29) is 12.2 Å². The summed E-state index contributed by atoms with van der Waals surface area (Å²) in [7, 11) is 0. The maximum absolute atomic E-state index is 12.3. The highest BCUT2D eigenvalue weighted by molar-refractivity contribution is 5.44. The van der Waals surface area contributed by atoms with Crippen molar-refractivity contribution in [3.05, 3.63) is 46.1 Å². The van der Waals surface area contributed by atoms with Gasteiger partial charge in [-0.25, -0.2) is 4.98 Å². The van der Waals surface area contributed by atoms with Crippen LogP contribution in [0.2, 0.25) is 0 Å². The van der Waals surface area contributed by atoms with E-state index in [0.717, 1.165) is 6.07 Å². The van der Waals surface area contributed by atoms with E-state index < -0.39 is 11.9 Å². The summed E-state index contributed by atoms with van der Waals surface area (Å²) >= 11 is 0. The number of pyridine rings is 1. The molecule has 0 atom stereocenters. The number of nitrogens with zero attached hydrogens (tertiary/aromatic N) is 4. The van der Waals surface area contributed by atoms with Crippen LogP contribution < -0.4 is 0 Å². The van der Waals surface area contributed by atoms with Crippen molar-refractivity contribution < 1.29 is 13.2 Å². The van der Waals surface area contributed by atoms with E-state index in [1.54, 1.807) is 0 Å². The summed E-state index contributed by atoms with van der Waals surface area (Å²) in [5.74, 6) is 0. The van der Waals surface area contributed by atoms with Gasteiger partial charge in [0.25, 0.3) is 0 Å². The van der Waals surface area contributed by atoms with Crippen LogP contribution >= 0.6 is 0 Å². The van der Waals surface area contributed by atoms with Crippen LogP contribution in [0.1, 0.15) is 11.4 Å². The molecule has 0 spiro atoms. The third kappa shape index (κ3) is 3.62. The van der Waals surface area contributed by atoms with Gasteiger partial charge in [0.15, 0.2) is 0 Å². The van der Waals surface area contributed by atoms with Crippen LogP contribution in [0.3, 0.4) is 0 Å². The Kier molecular flexibility index (Phi) is 3.90. The first kappa shape index (κ1) is 12.1. The number of halogens is 3. The second-order valence-electron chi connectivity index (χ2n) is 2.76. The molecule has 0 bridgehead atoms. The molecule has 0 aliphatic rings. The molecule has 7 heteroatoms. The van der Waals surface area contributed by atoms with Gasteiger partial charge in [0.1, 0.15) is 5.69 Å². The van der Waals surface area contributed by atoms with E-state index >= 15 is 0 Å². The van der Waals surface area contributed by atoms with Crippen LogP contribution in [0.15, 0.2) is 29.4 Å². The van der Waals surface area contributed by atoms with E-state index in [0.29, 0.717) is 0 Å². The monoisotopic (exact) mass is 228 g/mol. The highest BCUT2D eigenvalue weighted by Gasteiger charge is 2.32. The standard InChI is InChI=1S/C9H7F3N4/c10-9(11,12)8-5-1-3-7(15-8)4-2-6-14-16-13/h1-5H,6H2. The minimum Gasteiger partial charge on any atom is -0.244 e. The minimum atomic E-state index is -4.45. The third-order valence-electron chi connectivity index (χ3n) is 1.60. The largest absolute Gasteiger partial charge is 0.433 e. The third-order valence-corrected chi connectivity index (χ3v) is 1.60. The highest BCUT2D eigenvalue weighted by atomic mass is 19.4. The summed E-state index contributed by atoms with van der Waals surface area (Å²) < 4.78 is 36.8. The fourth-order valence-electron chi connectivity index (χ4n) is 0.959. The van der Waals surface area contributed by atoms with E-state index in [9.17, 15) is 13.2 Å². The van der Waals surface area contributed by atoms with Gasteiger partial charge in [-0.05, 0) is 23.7 Å². The van der Waals surface area contributed by atoms with Crippen LogP contribution in [-0.4, -0.2) is 11.5 Å². The van der Waals surface area contributed by atoms with E-state index in [2.05, 4.69) is 15.0 Å². The van der Waals surface area contributed by atoms with Gasteiger partial charge in [0.2, 0.25) is 0 Å². The highest BCUT2D eigenvalue weighted by Crippen LogP contribution is 2.27. The zero-order valence-electron chi connectivity index (χ0n) is 8.02. The van der Waals surface area contributed by atoms with Gasteiger partial charge in [-0.2, -0.15) is 13.2 Å². The van der Waals surface area contributed by atoms with Crippen molar-refractivity contribution >= 4 is 6.08 Å². The molecule has 16 heavy (non-hydrogen) atoms. The maximum atomic E-state index is 12.3. The van der Waals surface area contributed by atoms with Crippen LogP contribution in [0, 0.1) is 0 Å². The summed E-state index contributed by atoms with van der Waals surface area (Å²) in [6.45, 7) is 0.0778. The zero-order valence-corrected chi connectivity index (χ0v) is 8.02. The first-order valence-corrected chi connectivity index (χ1v) is 4.25. The molecule has 1 aromatic heterocycles. The number of hydrogen-bond donors (Lipinski definition) is 0. The molecule has 0 unspecified atom stereocenters. The fourth-order valence-corrected chi connectivity index (χ4v) is 0.959. The average Bonchev–Trinajstić information content (AvgIpc) is 2.24. The summed E-state index contributed by atoms with van der Waals surface area (Å²) in [4.78, 5) is 5.89. The molecule has 1 heterocycles. The van der Waals surface area contributed by atoms with Crippen LogP contribution in [0.5, 0.6) is 0 Å². The molecular weight excluding hydrogens is 221 g/mol. The fraction of sp³-hybridized carbons (Fsp3) is 0.222. The van der Waals surface area contributed by atoms with Gasteiger partial charge >= 0.3 is 6.18 Å². The van der Waals surface area contributed by atoms with Crippen molar-refractivity contribution in [3.63, 3.8) is 0 Å². The van der Waals surface area contributed by atoms with Crippen molar-refractivity contribution in [2.75, 3.05) is 6.54 Å². The smallest absolute Gasteiger partial charge is 0.244 e. The van der Waals surface area contributed by atoms with Crippen molar-refractivity contribution in [1.29, 1.82) is 0 Å². The lowest BCUT2D eigenvalue weighted by Gasteiger charge is -2.05. The van der Waals surface area contributed by atoms with E-state index in [4.69, 9.17) is 5.53 Å². The van der Waals surface area contributed by atoms with E-state index in [1.807, 2.05) is 0 Å². The first-order chi connectivity index (χ1) is 7.54. The molecule has 0 aliphatic heterocycles. The number of rotatable bonds is 3. The molecule has 0 radical (unpaired) electrons. The number of azide groups is 1. The van der Waals surface area contributed by atoms with Gasteiger partial charge in [0, 0.05) is 11.5 Å². The Hall–Kier alpha value is -2.01. The van der Waals surface area contributed by atoms with Gasteiger partial charge in [-0.1, -0.05) is 17.3 Å². The summed E-state index contributed by atoms with van der Waals surface area (Å²) in [6.07, 6.45) is -1.65. The Bertz CT molecular complexity index is 433. The SMILES string of the molecule is [N-]=[N+]=NCC=Cc1cccc(C(F)(F)F)n1. The Morgan fingerprint density at radius 1 is 1.44 bits per heavy atom. The van der Waals surface area contributed by atoms with Crippen LogP contribution in [0.4, 0.5) is 13.2 Å². The predicted molar refractivity (Wildman–Crippen MR) is 52.3 cm³/mol. The Morgan fingerprint density at radius 2 is 2.19 bits per heavy atom. The van der Waals surface area contributed by atoms with Crippen LogP contribution in [0.25, 0.3) is 16.5 Å². The molecule has 0 amide bonds. The minimum absolute atomic E-state index is 0.0778. The average molecular weight is 228 g/mol. The Balaban J connectivity index is 2.83. The summed E-state index contributed by atoms with van der Waals surface area (Å²) in [6, 6.07) is 3.59. The molecule has 0 N–H and O–H groups in total. The van der Waals surface area contributed by atoms with Crippen molar-refractivity contribution in [2.45, 2.75) is 6.18 Å². The predicted octanol–water partition coefficient (Wildman–Crippen LogP) is 3.42. The van der Waals surface area contributed by atoms with Gasteiger partial charge in [-0.15, -0.1) is 0 Å². The quantitative estimate of drug-likeness (QED) is 0.444. The van der Waals surface area contributed by atoms with Crippen LogP contribution in [-0.2, 0) is 6.18 Å².